The Balaban J connectivity index is 2.65. The van der Waals surface area contributed by atoms with Crippen molar-refractivity contribution >= 4 is 0 Å². The molecular weight excluding hydrogens is 180 g/mol. The van der Waals surface area contributed by atoms with Crippen molar-refractivity contribution in [2.24, 2.45) is 5.73 Å². The number of hydrogen-bond acceptors (Lipinski definition) is 4. The molecule has 0 aromatic heterocycles. The molecule has 4 heteroatoms. The zero-order valence-corrected chi connectivity index (χ0v) is 9.36. The summed E-state index contributed by atoms with van der Waals surface area (Å²) in [7, 11) is 0. The standard InChI is InChI=1S/C10H22N2O2/c1-8-6-14-9(5-13)4-12(8)10(2,3)7-11/h8-9,13H,4-7,11H2,1-3H3. The Morgan fingerprint density at radius 2 is 2.21 bits per heavy atom. The second kappa shape index (κ2) is 4.57. The normalized spacial score (nSPS) is 30.6. The van der Waals surface area contributed by atoms with Crippen molar-refractivity contribution in [2.45, 2.75) is 38.5 Å². The van der Waals surface area contributed by atoms with Gasteiger partial charge >= 0.3 is 0 Å². The number of hydrogen-bond donors (Lipinski definition) is 2. The van der Waals surface area contributed by atoms with Gasteiger partial charge in [0.25, 0.3) is 0 Å². The van der Waals surface area contributed by atoms with Gasteiger partial charge in [0.15, 0.2) is 0 Å². The number of nitrogens with two attached hydrogens (primary N) is 1. The second-order valence-electron chi connectivity index (χ2n) is 4.66. The molecule has 1 aliphatic rings. The van der Waals surface area contributed by atoms with Crippen molar-refractivity contribution < 1.29 is 9.84 Å². The highest BCUT2D eigenvalue weighted by atomic mass is 16.5. The molecule has 2 unspecified atom stereocenters. The van der Waals surface area contributed by atoms with Crippen LogP contribution in [0.5, 0.6) is 0 Å². The van der Waals surface area contributed by atoms with E-state index in [0.717, 1.165) is 6.54 Å². The maximum Gasteiger partial charge on any atom is 0.0933 e. The van der Waals surface area contributed by atoms with Crippen LogP contribution in [0, 0.1) is 0 Å². The van der Waals surface area contributed by atoms with Crippen LogP contribution in [0.3, 0.4) is 0 Å². The molecule has 1 aliphatic heterocycles. The van der Waals surface area contributed by atoms with Gasteiger partial charge in [-0.2, -0.15) is 0 Å². The first-order valence-electron chi connectivity index (χ1n) is 5.20. The third kappa shape index (κ3) is 2.45. The van der Waals surface area contributed by atoms with Crippen LogP contribution in [-0.4, -0.2) is 54.0 Å². The first-order chi connectivity index (χ1) is 6.51. The molecule has 1 fully saturated rings. The van der Waals surface area contributed by atoms with Crippen LogP contribution in [0.2, 0.25) is 0 Å². The van der Waals surface area contributed by atoms with Gasteiger partial charge in [-0.1, -0.05) is 0 Å². The maximum absolute atomic E-state index is 9.05. The first-order valence-corrected chi connectivity index (χ1v) is 5.20. The van der Waals surface area contributed by atoms with E-state index in [2.05, 4.69) is 25.7 Å². The van der Waals surface area contributed by atoms with Gasteiger partial charge in [0.1, 0.15) is 0 Å². The van der Waals surface area contributed by atoms with Crippen molar-refractivity contribution in [1.29, 1.82) is 0 Å². The monoisotopic (exact) mass is 202 g/mol. The minimum atomic E-state index is -0.0583. The number of rotatable bonds is 3. The summed E-state index contributed by atoms with van der Waals surface area (Å²) in [6, 6.07) is 0.372. The molecule has 0 saturated carbocycles. The Kier molecular flexibility index (Phi) is 3.89. The fourth-order valence-corrected chi connectivity index (χ4v) is 1.89. The molecule has 84 valence electrons. The minimum absolute atomic E-state index is 0.0172. The van der Waals surface area contributed by atoms with Crippen LogP contribution < -0.4 is 5.73 Å². The van der Waals surface area contributed by atoms with Gasteiger partial charge < -0.3 is 15.6 Å². The molecule has 0 bridgehead atoms. The van der Waals surface area contributed by atoms with E-state index in [-0.39, 0.29) is 18.2 Å². The molecule has 1 rings (SSSR count). The van der Waals surface area contributed by atoms with Crippen molar-refractivity contribution in [3.05, 3.63) is 0 Å². The maximum atomic E-state index is 9.05. The van der Waals surface area contributed by atoms with Crippen molar-refractivity contribution in [3.63, 3.8) is 0 Å². The molecule has 2 atom stereocenters. The highest BCUT2D eigenvalue weighted by Gasteiger charge is 2.34. The van der Waals surface area contributed by atoms with Crippen LogP contribution in [-0.2, 0) is 4.74 Å². The lowest BCUT2D eigenvalue weighted by Gasteiger charge is -2.46. The summed E-state index contributed by atoms with van der Waals surface area (Å²) in [4.78, 5) is 2.32. The lowest BCUT2D eigenvalue weighted by molar-refractivity contribution is -0.106. The van der Waals surface area contributed by atoms with Gasteiger partial charge in [0.2, 0.25) is 0 Å². The molecule has 3 N–H and O–H groups in total. The molecule has 0 amide bonds. The van der Waals surface area contributed by atoms with E-state index in [0.29, 0.717) is 19.2 Å². The lowest BCUT2D eigenvalue weighted by atomic mass is 9.99. The van der Waals surface area contributed by atoms with Crippen LogP contribution in [0.1, 0.15) is 20.8 Å². The quantitative estimate of drug-likeness (QED) is 0.666. The van der Waals surface area contributed by atoms with Gasteiger partial charge in [0, 0.05) is 24.7 Å². The molecule has 14 heavy (non-hydrogen) atoms. The second-order valence-corrected chi connectivity index (χ2v) is 4.66. The van der Waals surface area contributed by atoms with Crippen LogP contribution in [0.25, 0.3) is 0 Å². The Hall–Kier alpha value is -0.160. The van der Waals surface area contributed by atoms with Crippen LogP contribution >= 0.6 is 0 Å². The zero-order chi connectivity index (χ0) is 10.8. The van der Waals surface area contributed by atoms with Crippen molar-refractivity contribution in [1.82, 2.24) is 4.90 Å². The first kappa shape index (κ1) is 11.9. The van der Waals surface area contributed by atoms with Gasteiger partial charge in [-0.15, -0.1) is 0 Å². The van der Waals surface area contributed by atoms with E-state index < -0.39 is 0 Å². The number of aliphatic hydroxyl groups is 1. The summed E-state index contributed by atoms with van der Waals surface area (Å²) in [5.74, 6) is 0. The predicted octanol–water partition coefficient (Wildman–Crippen LogP) is -0.195. The van der Waals surface area contributed by atoms with E-state index in [1.165, 1.54) is 0 Å². The highest BCUT2D eigenvalue weighted by molar-refractivity contribution is 4.89. The zero-order valence-electron chi connectivity index (χ0n) is 9.36. The average Bonchev–Trinajstić information content (AvgIpc) is 2.18. The molecule has 0 spiro atoms. The fraction of sp³-hybridized carbons (Fsp3) is 1.00. The highest BCUT2D eigenvalue weighted by Crippen LogP contribution is 2.21. The molecule has 0 aromatic rings. The summed E-state index contributed by atoms with van der Waals surface area (Å²) in [5.41, 5.74) is 5.72. The van der Waals surface area contributed by atoms with Crippen LogP contribution in [0.15, 0.2) is 0 Å². The predicted molar refractivity (Wildman–Crippen MR) is 56.1 cm³/mol. The van der Waals surface area contributed by atoms with Gasteiger partial charge in [0.05, 0.1) is 19.3 Å². The Morgan fingerprint density at radius 3 is 2.71 bits per heavy atom. The van der Waals surface area contributed by atoms with Gasteiger partial charge in [-0.25, -0.2) is 0 Å². The summed E-state index contributed by atoms with van der Waals surface area (Å²) in [6.45, 7) is 8.54. The molecular formula is C10H22N2O2. The molecule has 4 nitrogen and oxygen atoms in total. The number of morpholine rings is 1. The van der Waals surface area contributed by atoms with E-state index in [1.54, 1.807) is 0 Å². The van der Waals surface area contributed by atoms with Crippen molar-refractivity contribution in [2.75, 3.05) is 26.3 Å². The average molecular weight is 202 g/mol. The molecule has 0 aliphatic carbocycles. The molecule has 1 heterocycles. The smallest absolute Gasteiger partial charge is 0.0933 e. The Labute approximate surface area is 86.0 Å². The summed E-state index contributed by atoms with van der Waals surface area (Å²) < 4.78 is 5.48. The Morgan fingerprint density at radius 1 is 1.57 bits per heavy atom. The van der Waals surface area contributed by atoms with E-state index >= 15 is 0 Å². The van der Waals surface area contributed by atoms with E-state index in [1.807, 2.05) is 0 Å². The molecule has 0 aromatic carbocycles. The Bertz CT molecular complexity index is 185. The third-order valence-electron chi connectivity index (χ3n) is 2.99. The van der Waals surface area contributed by atoms with E-state index in [9.17, 15) is 0 Å². The van der Waals surface area contributed by atoms with Crippen LogP contribution in [0.4, 0.5) is 0 Å². The largest absolute Gasteiger partial charge is 0.394 e. The van der Waals surface area contributed by atoms with Gasteiger partial charge in [-0.05, 0) is 20.8 Å². The SMILES string of the molecule is CC1COC(CO)CN1C(C)(C)CN. The topological polar surface area (TPSA) is 58.7 Å². The molecule has 1 saturated heterocycles. The number of ether oxygens (including phenoxy) is 1. The minimum Gasteiger partial charge on any atom is -0.394 e. The number of nitrogens with zero attached hydrogens (tertiary/aromatic N) is 1. The van der Waals surface area contributed by atoms with E-state index in [4.69, 9.17) is 15.6 Å². The summed E-state index contributed by atoms with van der Waals surface area (Å²) in [6.07, 6.45) is -0.0583. The summed E-state index contributed by atoms with van der Waals surface area (Å²) >= 11 is 0. The van der Waals surface area contributed by atoms with Crippen molar-refractivity contribution in [3.8, 4) is 0 Å². The third-order valence-corrected chi connectivity index (χ3v) is 2.99. The number of aliphatic hydroxyl groups excluding tert-OH is 1. The summed E-state index contributed by atoms with van der Waals surface area (Å²) in [5, 5.41) is 9.05. The van der Waals surface area contributed by atoms with Gasteiger partial charge in [-0.3, -0.25) is 4.90 Å². The lowest BCUT2D eigenvalue weighted by Crippen LogP contribution is -2.60. The molecule has 0 radical (unpaired) electrons. The fourth-order valence-electron chi connectivity index (χ4n) is 1.89.